The van der Waals surface area contributed by atoms with E-state index in [4.69, 9.17) is 11.6 Å². The van der Waals surface area contributed by atoms with Crippen molar-refractivity contribution >= 4 is 35.2 Å². The average Bonchev–Trinajstić information content (AvgIpc) is 2.83. The Morgan fingerprint density at radius 3 is 2.26 bits per heavy atom. The summed E-state index contributed by atoms with van der Waals surface area (Å²) in [4.78, 5) is 29.8. The number of carbonyl (C=O) groups is 2. The second-order valence-electron chi connectivity index (χ2n) is 8.87. The molecule has 0 radical (unpaired) electrons. The van der Waals surface area contributed by atoms with Crippen LogP contribution in [-0.2, 0) is 22.6 Å². The normalized spacial score (nSPS) is 11.8. The highest BCUT2D eigenvalue weighted by molar-refractivity contribution is 7.99. The van der Waals surface area contributed by atoms with E-state index < -0.39 is 6.04 Å². The van der Waals surface area contributed by atoms with Crippen molar-refractivity contribution < 1.29 is 9.59 Å². The Balaban J connectivity index is 1.85. The van der Waals surface area contributed by atoms with Gasteiger partial charge in [0.25, 0.3) is 0 Å². The van der Waals surface area contributed by atoms with Gasteiger partial charge in [0, 0.05) is 41.1 Å². The van der Waals surface area contributed by atoms with Gasteiger partial charge in [0.2, 0.25) is 11.8 Å². The van der Waals surface area contributed by atoms with Crippen molar-refractivity contribution in [2.75, 3.05) is 5.75 Å². The molecule has 3 aromatic carbocycles. The summed E-state index contributed by atoms with van der Waals surface area (Å²) in [5.41, 5.74) is 3.17. The van der Waals surface area contributed by atoms with Gasteiger partial charge in [0.05, 0.1) is 0 Å². The van der Waals surface area contributed by atoms with E-state index in [0.717, 1.165) is 21.6 Å². The van der Waals surface area contributed by atoms with Crippen LogP contribution in [0.3, 0.4) is 0 Å². The Hall–Kier alpha value is -2.76. The second kappa shape index (κ2) is 13.4. The highest BCUT2D eigenvalue weighted by Gasteiger charge is 2.30. The molecular formula is C29H33ClN2O2S. The number of hydrogen-bond acceptors (Lipinski definition) is 3. The highest BCUT2D eigenvalue weighted by atomic mass is 35.5. The van der Waals surface area contributed by atoms with E-state index in [0.29, 0.717) is 30.2 Å². The minimum absolute atomic E-state index is 0.0170. The molecule has 1 atom stereocenters. The number of carbonyl (C=O) groups excluding carboxylic acids is 2. The molecular weight excluding hydrogens is 476 g/mol. The number of amides is 2. The SMILES string of the molecule is Cc1ccccc1CN(C(=O)CCSc1ccc(Cl)cc1)C(Cc1ccccc1)C(=O)NC(C)C. The lowest BCUT2D eigenvalue weighted by molar-refractivity contribution is -0.141. The monoisotopic (exact) mass is 508 g/mol. The maximum absolute atomic E-state index is 13.6. The van der Waals surface area contributed by atoms with E-state index in [9.17, 15) is 9.59 Å². The van der Waals surface area contributed by atoms with Gasteiger partial charge in [-0.05, 0) is 61.7 Å². The molecule has 0 aromatic heterocycles. The van der Waals surface area contributed by atoms with Crippen LogP contribution in [0.5, 0.6) is 0 Å². The molecule has 3 rings (SSSR count). The summed E-state index contributed by atoms with van der Waals surface area (Å²) in [7, 11) is 0. The van der Waals surface area contributed by atoms with Gasteiger partial charge >= 0.3 is 0 Å². The largest absolute Gasteiger partial charge is 0.352 e. The standard InChI is InChI=1S/C29H33ClN2O2S/c1-21(2)31-29(34)27(19-23-10-5-4-6-11-23)32(20-24-12-8-7-9-22(24)3)28(33)17-18-35-26-15-13-25(30)14-16-26/h4-16,21,27H,17-20H2,1-3H3,(H,31,34). The Bertz CT molecular complexity index is 1100. The summed E-state index contributed by atoms with van der Waals surface area (Å²) < 4.78 is 0. The first-order chi connectivity index (χ1) is 16.8. The quantitative estimate of drug-likeness (QED) is 0.309. The van der Waals surface area contributed by atoms with Crippen molar-refractivity contribution in [1.82, 2.24) is 10.2 Å². The molecule has 0 fully saturated rings. The van der Waals surface area contributed by atoms with Gasteiger partial charge in [-0.2, -0.15) is 0 Å². The van der Waals surface area contributed by atoms with Crippen LogP contribution in [0.15, 0.2) is 83.8 Å². The van der Waals surface area contributed by atoms with E-state index in [1.165, 1.54) is 0 Å². The molecule has 2 amide bonds. The summed E-state index contributed by atoms with van der Waals surface area (Å²) in [5.74, 6) is 0.458. The minimum Gasteiger partial charge on any atom is -0.352 e. The predicted octanol–water partition coefficient (Wildman–Crippen LogP) is 6.30. The first-order valence-electron chi connectivity index (χ1n) is 11.9. The van der Waals surface area contributed by atoms with Gasteiger partial charge in [-0.1, -0.05) is 66.2 Å². The van der Waals surface area contributed by atoms with Gasteiger partial charge in [0.15, 0.2) is 0 Å². The molecule has 4 nitrogen and oxygen atoms in total. The van der Waals surface area contributed by atoms with Crippen molar-refractivity contribution in [1.29, 1.82) is 0 Å². The number of rotatable bonds is 11. The van der Waals surface area contributed by atoms with Crippen molar-refractivity contribution in [3.05, 3.63) is 101 Å². The van der Waals surface area contributed by atoms with E-state index >= 15 is 0 Å². The van der Waals surface area contributed by atoms with Crippen molar-refractivity contribution in [2.24, 2.45) is 0 Å². The fourth-order valence-corrected chi connectivity index (χ4v) is 4.80. The molecule has 0 saturated carbocycles. The Labute approximate surface area is 218 Å². The minimum atomic E-state index is -0.604. The second-order valence-corrected chi connectivity index (χ2v) is 10.5. The zero-order valence-corrected chi connectivity index (χ0v) is 22.1. The highest BCUT2D eigenvalue weighted by Crippen LogP contribution is 2.23. The van der Waals surface area contributed by atoms with Gasteiger partial charge in [-0.3, -0.25) is 9.59 Å². The van der Waals surface area contributed by atoms with E-state index in [1.807, 2.05) is 99.6 Å². The van der Waals surface area contributed by atoms with Crippen LogP contribution in [0, 0.1) is 6.92 Å². The molecule has 1 N–H and O–H groups in total. The molecule has 6 heteroatoms. The molecule has 0 aliphatic rings. The van der Waals surface area contributed by atoms with Gasteiger partial charge in [0.1, 0.15) is 6.04 Å². The molecule has 35 heavy (non-hydrogen) atoms. The zero-order chi connectivity index (χ0) is 25.2. The molecule has 0 aliphatic carbocycles. The third-order valence-corrected chi connectivity index (χ3v) is 6.97. The van der Waals surface area contributed by atoms with Crippen molar-refractivity contribution in [3.8, 4) is 0 Å². The summed E-state index contributed by atoms with van der Waals surface area (Å²) >= 11 is 7.60. The van der Waals surface area contributed by atoms with Crippen LogP contribution in [0.25, 0.3) is 0 Å². The molecule has 1 unspecified atom stereocenters. The summed E-state index contributed by atoms with van der Waals surface area (Å²) in [6, 6.07) is 24.9. The summed E-state index contributed by atoms with van der Waals surface area (Å²) in [5, 5.41) is 3.73. The molecule has 0 spiro atoms. The lowest BCUT2D eigenvalue weighted by atomic mass is 10.0. The number of nitrogens with one attached hydrogen (secondary N) is 1. The molecule has 184 valence electrons. The number of benzene rings is 3. The first-order valence-corrected chi connectivity index (χ1v) is 13.3. The first kappa shape index (κ1) is 26.8. The molecule has 0 saturated heterocycles. The summed E-state index contributed by atoms with van der Waals surface area (Å²) in [6.07, 6.45) is 0.792. The number of thioether (sulfide) groups is 1. The Morgan fingerprint density at radius 2 is 1.60 bits per heavy atom. The fraction of sp³-hybridized carbons (Fsp3) is 0.310. The fourth-order valence-electron chi connectivity index (χ4n) is 3.84. The predicted molar refractivity (Wildman–Crippen MR) is 146 cm³/mol. The zero-order valence-electron chi connectivity index (χ0n) is 20.5. The lowest BCUT2D eigenvalue weighted by Gasteiger charge is -2.32. The molecule has 0 bridgehead atoms. The summed E-state index contributed by atoms with van der Waals surface area (Å²) in [6.45, 7) is 6.30. The van der Waals surface area contributed by atoms with E-state index in [-0.39, 0.29) is 17.9 Å². The van der Waals surface area contributed by atoms with E-state index in [2.05, 4.69) is 5.32 Å². The van der Waals surface area contributed by atoms with Crippen LogP contribution in [-0.4, -0.2) is 34.6 Å². The van der Waals surface area contributed by atoms with Crippen LogP contribution >= 0.6 is 23.4 Å². The van der Waals surface area contributed by atoms with Crippen LogP contribution in [0.2, 0.25) is 5.02 Å². The maximum atomic E-state index is 13.6. The van der Waals surface area contributed by atoms with Crippen LogP contribution in [0.4, 0.5) is 0 Å². The number of aryl methyl sites for hydroxylation is 1. The maximum Gasteiger partial charge on any atom is 0.243 e. The van der Waals surface area contributed by atoms with Crippen molar-refractivity contribution in [2.45, 2.75) is 57.1 Å². The Morgan fingerprint density at radius 1 is 0.943 bits per heavy atom. The van der Waals surface area contributed by atoms with Gasteiger partial charge in [-0.15, -0.1) is 11.8 Å². The molecule has 0 aliphatic heterocycles. The van der Waals surface area contributed by atoms with Crippen LogP contribution < -0.4 is 5.32 Å². The van der Waals surface area contributed by atoms with Gasteiger partial charge in [-0.25, -0.2) is 0 Å². The van der Waals surface area contributed by atoms with Gasteiger partial charge < -0.3 is 10.2 Å². The topological polar surface area (TPSA) is 49.4 Å². The lowest BCUT2D eigenvalue weighted by Crippen LogP contribution is -2.52. The number of nitrogens with zero attached hydrogens (tertiary/aromatic N) is 1. The average molecular weight is 509 g/mol. The third-order valence-electron chi connectivity index (χ3n) is 5.70. The van der Waals surface area contributed by atoms with E-state index in [1.54, 1.807) is 16.7 Å². The number of halogens is 1. The number of hydrogen-bond donors (Lipinski definition) is 1. The molecule has 3 aromatic rings. The Kier molecular flexibility index (Phi) is 10.2. The van der Waals surface area contributed by atoms with Crippen molar-refractivity contribution in [3.63, 3.8) is 0 Å². The molecule has 0 heterocycles. The third kappa shape index (κ3) is 8.44. The smallest absolute Gasteiger partial charge is 0.243 e. The van der Waals surface area contributed by atoms with Crippen LogP contribution in [0.1, 0.15) is 37.0 Å².